The van der Waals surface area contributed by atoms with Gasteiger partial charge in [0.05, 0.1) is 31.6 Å². The summed E-state index contributed by atoms with van der Waals surface area (Å²) in [7, 11) is 0. The van der Waals surface area contributed by atoms with Crippen LogP contribution in [-0.2, 0) is 9.59 Å². The Morgan fingerprint density at radius 2 is 0.870 bits per heavy atom. The third kappa shape index (κ3) is 5.98. The molecule has 0 unspecified atom stereocenters. The number of hydrogen-bond donors (Lipinski definition) is 0. The van der Waals surface area contributed by atoms with Gasteiger partial charge in [0.15, 0.2) is 0 Å². The molecule has 0 saturated heterocycles. The van der Waals surface area contributed by atoms with E-state index in [4.69, 9.17) is 0 Å². The number of nitriles is 4. The monoisotopic (exact) mass is 768 g/mol. The zero-order chi connectivity index (χ0) is 37.3. The third-order valence-electron chi connectivity index (χ3n) is 8.52. The lowest BCUT2D eigenvalue weighted by Crippen LogP contribution is -2.26. The molecule has 2 aromatic carbocycles. The largest absolute Gasteiger partial charge is 0.274 e. The fraction of sp³-hybridized carbons (Fsp3) is 0. The van der Waals surface area contributed by atoms with Crippen molar-refractivity contribution in [2.24, 2.45) is 0 Å². The molecule has 0 saturated carbocycles. The number of para-hydroxylation sites is 2. The Hall–Kier alpha value is -6.90. The number of benzene rings is 2. The van der Waals surface area contributed by atoms with E-state index in [0.29, 0.717) is 52.7 Å². The predicted octanol–water partition coefficient (Wildman–Crippen LogP) is 6.20. The fourth-order valence-corrected chi connectivity index (χ4v) is 10.2. The Balaban J connectivity index is 1.32. The maximum absolute atomic E-state index is 14.8. The minimum atomic E-state index is -0.261. The van der Waals surface area contributed by atoms with E-state index in [9.17, 15) is 30.6 Å². The summed E-state index contributed by atoms with van der Waals surface area (Å²) in [4.78, 5) is 36.0. The Bertz CT molecular complexity index is 2800. The van der Waals surface area contributed by atoms with E-state index in [2.05, 4.69) is 0 Å². The van der Waals surface area contributed by atoms with Gasteiger partial charge in [0, 0.05) is 39.9 Å². The number of nitrogens with zero attached hydrogens (tertiary/aromatic N) is 6. The minimum Gasteiger partial charge on any atom is -0.274 e. The van der Waals surface area contributed by atoms with Crippen LogP contribution in [0.25, 0.3) is 34.4 Å². The van der Waals surface area contributed by atoms with Gasteiger partial charge in [-0.15, -0.1) is 45.3 Å². The van der Waals surface area contributed by atoms with Crippen molar-refractivity contribution in [2.75, 3.05) is 9.80 Å². The predicted molar refractivity (Wildman–Crippen MR) is 214 cm³/mol. The number of anilines is 2. The number of thiophene rings is 4. The third-order valence-corrected chi connectivity index (χ3v) is 12.7. The van der Waals surface area contributed by atoms with E-state index in [1.807, 2.05) is 133 Å². The van der Waals surface area contributed by atoms with Crippen molar-refractivity contribution in [1.29, 1.82) is 21.0 Å². The molecule has 54 heavy (non-hydrogen) atoms. The molecule has 12 heteroatoms. The molecule has 6 heterocycles. The van der Waals surface area contributed by atoms with Crippen LogP contribution in [0.3, 0.4) is 0 Å². The molecule has 0 N–H and O–H groups in total. The van der Waals surface area contributed by atoms with Gasteiger partial charge in [-0.3, -0.25) is 19.4 Å². The molecule has 0 atom stereocenters. The van der Waals surface area contributed by atoms with Crippen molar-refractivity contribution < 1.29 is 9.59 Å². The molecule has 4 aromatic heterocycles. The molecule has 254 valence electrons. The summed E-state index contributed by atoms with van der Waals surface area (Å²) < 4.78 is 2.88. The maximum atomic E-state index is 14.8. The van der Waals surface area contributed by atoms with Crippen molar-refractivity contribution in [2.45, 2.75) is 0 Å². The molecule has 0 aliphatic carbocycles. The van der Waals surface area contributed by atoms with E-state index in [0.717, 1.165) is 18.8 Å². The van der Waals surface area contributed by atoms with Crippen molar-refractivity contribution in [3.63, 3.8) is 0 Å². The number of carbonyl (C=O) groups is 2. The van der Waals surface area contributed by atoms with E-state index in [1.54, 1.807) is 21.9 Å². The summed E-state index contributed by atoms with van der Waals surface area (Å²) >= 11 is 5.51. The number of fused-ring (bicyclic) bond motifs is 1. The van der Waals surface area contributed by atoms with Gasteiger partial charge in [-0.25, -0.2) is 0 Å². The van der Waals surface area contributed by atoms with Crippen LogP contribution in [0, 0.1) is 45.3 Å². The second-order valence-electron chi connectivity index (χ2n) is 11.7. The molecule has 2 aliphatic heterocycles. The van der Waals surface area contributed by atoms with Crippen LogP contribution in [0.15, 0.2) is 121 Å². The summed E-state index contributed by atoms with van der Waals surface area (Å²) in [6.45, 7) is 0. The summed E-state index contributed by atoms with van der Waals surface area (Å²) in [5.74, 6) is -0.523. The van der Waals surface area contributed by atoms with Gasteiger partial charge in [-0.1, -0.05) is 36.4 Å². The van der Waals surface area contributed by atoms with Crippen LogP contribution in [0.5, 0.6) is 0 Å². The summed E-state index contributed by atoms with van der Waals surface area (Å²) in [5, 5.41) is 37.2. The smallest absolute Gasteiger partial charge is 0.266 e. The molecule has 0 radical (unpaired) electrons. The second kappa shape index (κ2) is 14.3. The second-order valence-corrected chi connectivity index (χ2v) is 16.2. The van der Waals surface area contributed by atoms with Gasteiger partial charge < -0.3 is 0 Å². The standard InChI is InChI=1S/C42H20N6O2S4/c43-21-25(22-44)33-15-11-29(51-33)19-31-13-17-35(53-31)37-39-40(48(42(37)50)28-9-5-2-6-10-28)38(41(49)47(39)27-7-3-1-4-8-27)36-18-14-32(54-36)20-30-12-16-34(52-30)26(23-45)24-46/h1-20H/b29-19+,30-20+. The lowest BCUT2D eigenvalue weighted by Gasteiger charge is -2.20. The molecular formula is C42H20N6O2S4. The molecular weight excluding hydrogens is 749 g/mol. The van der Waals surface area contributed by atoms with Gasteiger partial charge in [0.25, 0.3) is 11.8 Å². The molecule has 8 nitrogen and oxygen atoms in total. The van der Waals surface area contributed by atoms with E-state index in [-0.39, 0.29) is 23.0 Å². The van der Waals surface area contributed by atoms with E-state index in [1.165, 1.54) is 45.3 Å². The van der Waals surface area contributed by atoms with Gasteiger partial charge in [-0.2, -0.15) is 21.0 Å². The van der Waals surface area contributed by atoms with Gasteiger partial charge in [0.2, 0.25) is 0 Å². The summed E-state index contributed by atoms with van der Waals surface area (Å²) in [6.07, 6.45) is 3.90. The van der Waals surface area contributed by atoms with Crippen LogP contribution < -0.4 is 27.9 Å². The Kier molecular flexibility index (Phi) is 9.03. The Labute approximate surface area is 324 Å². The molecule has 0 fully saturated rings. The molecule has 8 rings (SSSR count). The first kappa shape index (κ1) is 34.2. The highest BCUT2D eigenvalue weighted by molar-refractivity contribution is 7.15. The van der Waals surface area contributed by atoms with Crippen molar-refractivity contribution in [1.82, 2.24) is 0 Å². The molecule has 0 bridgehead atoms. The molecule has 0 spiro atoms. The van der Waals surface area contributed by atoms with E-state index < -0.39 is 0 Å². The number of hydrogen-bond acceptors (Lipinski definition) is 10. The number of carbonyl (C=O) groups excluding carboxylic acids is 2. The van der Waals surface area contributed by atoms with Crippen molar-refractivity contribution in [3.8, 4) is 24.3 Å². The first-order chi connectivity index (χ1) is 26.4. The average Bonchev–Trinajstić information content (AvgIpc) is 4.06. The van der Waals surface area contributed by atoms with E-state index >= 15 is 0 Å². The highest BCUT2D eigenvalue weighted by atomic mass is 32.1. The molecule has 2 amide bonds. The normalized spacial score (nSPS) is 14.3. The van der Waals surface area contributed by atoms with Crippen molar-refractivity contribution >= 4 is 103 Å². The first-order valence-electron chi connectivity index (χ1n) is 16.1. The van der Waals surface area contributed by atoms with Gasteiger partial charge in [0.1, 0.15) is 35.4 Å². The van der Waals surface area contributed by atoms with Crippen LogP contribution in [0.4, 0.5) is 11.4 Å². The topological polar surface area (TPSA) is 136 Å². The van der Waals surface area contributed by atoms with Crippen LogP contribution in [0.1, 0.15) is 19.5 Å². The van der Waals surface area contributed by atoms with Crippen LogP contribution in [0.2, 0.25) is 0 Å². The minimum absolute atomic E-state index is 0.0536. The van der Waals surface area contributed by atoms with Crippen molar-refractivity contribution in [3.05, 3.63) is 158 Å². The highest BCUT2D eigenvalue weighted by Gasteiger charge is 2.50. The Morgan fingerprint density at radius 3 is 1.24 bits per heavy atom. The first-order valence-corrected chi connectivity index (χ1v) is 19.4. The zero-order valence-electron chi connectivity index (χ0n) is 27.7. The lowest BCUT2D eigenvalue weighted by atomic mass is 10.1. The number of amides is 2. The average molecular weight is 769 g/mol. The Morgan fingerprint density at radius 1 is 0.481 bits per heavy atom. The van der Waals surface area contributed by atoms with Crippen LogP contribution in [-0.4, -0.2) is 11.8 Å². The lowest BCUT2D eigenvalue weighted by molar-refractivity contribution is -0.112. The summed E-state index contributed by atoms with van der Waals surface area (Å²) in [5.41, 5.74) is 3.16. The molecule has 6 aromatic rings. The molecule has 2 aliphatic rings. The number of rotatable bonds is 6. The van der Waals surface area contributed by atoms with Gasteiger partial charge >= 0.3 is 0 Å². The van der Waals surface area contributed by atoms with Gasteiger partial charge in [-0.05, 0) is 84.9 Å². The SMILES string of the molecule is N#CC(C#N)=c1cc/c(=C\c2ccc(C3=C4C(=C(c5ccc(/C=c6\ccc(=C(C#N)C#N)s6)s5)C(=O)N4c4ccccc4)N(c4ccccc4)C3=O)s2)s1. The summed E-state index contributed by atoms with van der Waals surface area (Å²) in [6, 6.07) is 41.2. The van der Waals surface area contributed by atoms with Crippen LogP contribution >= 0.6 is 45.3 Å². The zero-order valence-corrected chi connectivity index (χ0v) is 30.9. The maximum Gasteiger partial charge on any atom is 0.266 e. The highest BCUT2D eigenvalue weighted by Crippen LogP contribution is 2.51. The fourth-order valence-electron chi connectivity index (χ4n) is 6.20. The quantitative estimate of drug-likeness (QED) is 0.198.